The fourth-order valence-corrected chi connectivity index (χ4v) is 4.70. The highest BCUT2D eigenvalue weighted by molar-refractivity contribution is 6.32. The maximum absolute atomic E-state index is 6.48. The summed E-state index contributed by atoms with van der Waals surface area (Å²) in [5, 5.41) is 11.1. The highest BCUT2D eigenvalue weighted by atomic mass is 35.5. The van der Waals surface area contributed by atoms with Crippen LogP contribution in [0.15, 0.2) is 24.5 Å². The summed E-state index contributed by atoms with van der Waals surface area (Å²) in [5.74, 6) is 2.08. The molecule has 3 N–H and O–H groups in total. The summed E-state index contributed by atoms with van der Waals surface area (Å²) in [4.78, 5) is 13.6. The topological polar surface area (TPSA) is 93.2 Å². The van der Waals surface area contributed by atoms with Crippen molar-refractivity contribution in [3.8, 4) is 11.3 Å². The Morgan fingerprint density at radius 3 is 2.67 bits per heavy atom. The van der Waals surface area contributed by atoms with E-state index in [1.165, 1.54) is 0 Å². The lowest BCUT2D eigenvalue weighted by molar-refractivity contribution is 0.0699. The van der Waals surface area contributed by atoms with Gasteiger partial charge < -0.3 is 25.4 Å². The Labute approximate surface area is 201 Å². The second-order valence-electron chi connectivity index (χ2n) is 8.90. The molecule has 9 heteroatoms. The van der Waals surface area contributed by atoms with Crippen molar-refractivity contribution in [2.24, 2.45) is 5.92 Å². The van der Waals surface area contributed by atoms with E-state index in [1.807, 2.05) is 12.1 Å². The monoisotopic (exact) mass is 474 g/mol. The number of anilines is 2. The van der Waals surface area contributed by atoms with Crippen molar-refractivity contribution in [2.75, 3.05) is 50.7 Å². The number of halogens is 1. The van der Waals surface area contributed by atoms with E-state index in [4.69, 9.17) is 26.1 Å². The van der Waals surface area contributed by atoms with E-state index in [9.17, 15) is 0 Å². The van der Waals surface area contributed by atoms with Crippen LogP contribution in [0.1, 0.15) is 38.5 Å². The lowest BCUT2D eigenvalue weighted by Gasteiger charge is -2.29. The summed E-state index contributed by atoms with van der Waals surface area (Å²) in [6.07, 6.45) is 10.1. The zero-order chi connectivity index (χ0) is 22.9. The maximum Gasteiger partial charge on any atom is 0.223 e. The molecule has 0 radical (unpaired) electrons. The average molecular weight is 475 g/mol. The van der Waals surface area contributed by atoms with Crippen LogP contribution in [0.3, 0.4) is 0 Å². The molecule has 0 atom stereocenters. The van der Waals surface area contributed by atoms with Gasteiger partial charge in [0.25, 0.3) is 0 Å². The molecule has 2 aromatic rings. The summed E-state index contributed by atoms with van der Waals surface area (Å²) in [7, 11) is 1.74. The third-order valence-electron chi connectivity index (χ3n) is 6.49. The molecule has 0 unspecified atom stereocenters. The van der Waals surface area contributed by atoms with Gasteiger partial charge in [-0.25, -0.2) is 15.0 Å². The lowest BCUT2D eigenvalue weighted by atomic mass is 9.91. The Morgan fingerprint density at radius 1 is 1.09 bits per heavy atom. The van der Waals surface area contributed by atoms with Crippen LogP contribution in [0.25, 0.3) is 11.3 Å². The van der Waals surface area contributed by atoms with Gasteiger partial charge in [0.1, 0.15) is 5.82 Å². The van der Waals surface area contributed by atoms with Crippen molar-refractivity contribution >= 4 is 23.4 Å². The number of rotatable bonds is 10. The number of hydrogen-bond donors (Lipinski definition) is 3. The minimum Gasteiger partial charge on any atom is -0.383 e. The van der Waals surface area contributed by atoms with E-state index < -0.39 is 0 Å². The quantitative estimate of drug-likeness (QED) is 0.445. The normalized spacial score (nSPS) is 21.6. The molecule has 8 nitrogen and oxygen atoms in total. The number of ether oxygens (including phenoxy) is 2. The highest BCUT2D eigenvalue weighted by Crippen LogP contribution is 2.29. The third kappa shape index (κ3) is 7.24. The molecule has 1 saturated carbocycles. The summed E-state index contributed by atoms with van der Waals surface area (Å²) >= 11 is 6.48. The molecular formula is C24H35ClN6O2. The predicted molar refractivity (Wildman–Crippen MR) is 132 cm³/mol. The van der Waals surface area contributed by atoms with Crippen LogP contribution in [0.2, 0.25) is 5.02 Å². The molecule has 2 aliphatic rings. The fourth-order valence-electron chi connectivity index (χ4n) is 4.50. The summed E-state index contributed by atoms with van der Waals surface area (Å²) < 4.78 is 10.6. The van der Waals surface area contributed by atoms with Crippen LogP contribution < -0.4 is 16.0 Å². The zero-order valence-electron chi connectivity index (χ0n) is 19.4. The molecule has 2 aromatic heterocycles. The minimum atomic E-state index is 0.369. The Hall–Kier alpha value is -2.00. The zero-order valence-corrected chi connectivity index (χ0v) is 20.1. The second kappa shape index (κ2) is 12.5. The number of aromatic nitrogens is 3. The van der Waals surface area contributed by atoms with Gasteiger partial charge >= 0.3 is 0 Å². The van der Waals surface area contributed by atoms with Crippen LogP contribution in [0, 0.1) is 5.92 Å². The van der Waals surface area contributed by atoms with E-state index >= 15 is 0 Å². The Balaban J connectivity index is 1.34. The smallest absolute Gasteiger partial charge is 0.223 e. The Kier molecular flexibility index (Phi) is 9.11. The lowest BCUT2D eigenvalue weighted by Crippen LogP contribution is -2.38. The molecule has 0 aromatic carbocycles. The third-order valence-corrected chi connectivity index (χ3v) is 6.77. The van der Waals surface area contributed by atoms with Crippen molar-refractivity contribution in [1.82, 2.24) is 20.3 Å². The van der Waals surface area contributed by atoms with E-state index in [1.54, 1.807) is 19.5 Å². The largest absolute Gasteiger partial charge is 0.383 e. The van der Waals surface area contributed by atoms with Gasteiger partial charge in [0.2, 0.25) is 5.95 Å². The van der Waals surface area contributed by atoms with Crippen LogP contribution in [-0.2, 0) is 9.47 Å². The van der Waals surface area contributed by atoms with Crippen LogP contribution in [0.5, 0.6) is 0 Å². The van der Waals surface area contributed by atoms with Crippen molar-refractivity contribution in [2.45, 2.75) is 50.6 Å². The number of pyridine rings is 1. The van der Waals surface area contributed by atoms with Gasteiger partial charge in [-0.1, -0.05) is 11.6 Å². The van der Waals surface area contributed by atoms with E-state index in [0.717, 1.165) is 88.5 Å². The Morgan fingerprint density at radius 2 is 1.88 bits per heavy atom. The Bertz CT molecular complexity index is 872. The van der Waals surface area contributed by atoms with Gasteiger partial charge in [-0.2, -0.15) is 0 Å². The predicted octanol–water partition coefficient (Wildman–Crippen LogP) is 3.99. The van der Waals surface area contributed by atoms with E-state index in [2.05, 4.69) is 25.9 Å². The van der Waals surface area contributed by atoms with Gasteiger partial charge in [0.15, 0.2) is 0 Å². The first-order valence-corrected chi connectivity index (χ1v) is 12.4. The number of nitrogens with zero attached hydrogens (tertiary/aromatic N) is 3. The van der Waals surface area contributed by atoms with Crippen molar-refractivity contribution in [3.05, 3.63) is 29.5 Å². The molecular weight excluding hydrogens is 440 g/mol. The fraction of sp³-hybridized carbons (Fsp3) is 0.625. The molecule has 1 aliphatic heterocycles. The van der Waals surface area contributed by atoms with Gasteiger partial charge in [-0.3, -0.25) is 0 Å². The molecule has 0 amide bonds. The second-order valence-corrected chi connectivity index (χ2v) is 9.30. The van der Waals surface area contributed by atoms with Crippen LogP contribution in [-0.4, -0.2) is 67.1 Å². The minimum absolute atomic E-state index is 0.369. The number of methoxy groups -OCH3 is 1. The molecule has 33 heavy (non-hydrogen) atoms. The summed E-state index contributed by atoms with van der Waals surface area (Å²) in [6.45, 7) is 4.24. The molecule has 180 valence electrons. The molecule has 1 saturated heterocycles. The first-order chi connectivity index (χ1) is 16.2. The van der Waals surface area contributed by atoms with Gasteiger partial charge in [0, 0.05) is 57.3 Å². The first kappa shape index (κ1) is 24.1. The molecule has 4 rings (SSSR count). The molecule has 2 fully saturated rings. The number of hydrogen-bond acceptors (Lipinski definition) is 8. The molecule has 0 spiro atoms. The molecule has 1 aliphatic carbocycles. The summed E-state index contributed by atoms with van der Waals surface area (Å²) in [6, 6.07) is 4.88. The maximum atomic E-state index is 6.48. The summed E-state index contributed by atoms with van der Waals surface area (Å²) in [5.41, 5.74) is 1.65. The average Bonchev–Trinajstić information content (AvgIpc) is 2.86. The van der Waals surface area contributed by atoms with Crippen molar-refractivity contribution < 1.29 is 9.47 Å². The van der Waals surface area contributed by atoms with Crippen molar-refractivity contribution in [3.63, 3.8) is 0 Å². The van der Waals surface area contributed by atoms with Gasteiger partial charge in [-0.05, 0) is 56.6 Å². The van der Waals surface area contributed by atoms with Gasteiger partial charge in [0.05, 0.1) is 23.5 Å². The van der Waals surface area contributed by atoms with E-state index in [-0.39, 0.29) is 0 Å². The van der Waals surface area contributed by atoms with Crippen molar-refractivity contribution in [1.29, 1.82) is 0 Å². The number of nitrogens with one attached hydrogen (secondary N) is 3. The van der Waals surface area contributed by atoms with Crippen LogP contribution in [0.4, 0.5) is 11.8 Å². The highest BCUT2D eigenvalue weighted by Gasteiger charge is 2.22. The first-order valence-electron chi connectivity index (χ1n) is 12.0. The molecule has 3 heterocycles. The van der Waals surface area contributed by atoms with Gasteiger partial charge in [-0.15, -0.1) is 0 Å². The molecule has 0 bridgehead atoms. The van der Waals surface area contributed by atoms with E-state index in [0.29, 0.717) is 29.0 Å². The SMILES string of the molecule is COCCNC1CCC(Nc2ncc(Cl)c(-c3ccnc(NCC4CCOCC4)c3)n2)CC1. The van der Waals surface area contributed by atoms with Crippen LogP contribution >= 0.6 is 11.6 Å². The standard InChI is InChI=1S/C24H35ClN6O2/c1-32-13-10-26-19-2-4-20(5-3-19)30-24-29-16-21(25)23(31-24)18-6-9-27-22(14-18)28-15-17-7-11-33-12-8-17/h6,9,14,16-17,19-20,26H,2-5,7-8,10-13,15H2,1H3,(H,27,28)(H,29,30,31).